The molecule has 0 radical (unpaired) electrons. The maximum Gasteiger partial charge on any atom is 0.276 e. The molecule has 0 aliphatic carbocycles. The van der Waals surface area contributed by atoms with E-state index >= 15 is 0 Å². The summed E-state index contributed by atoms with van der Waals surface area (Å²) in [7, 11) is 0. The van der Waals surface area contributed by atoms with Crippen molar-refractivity contribution in [3.63, 3.8) is 0 Å². The number of benzene rings is 1. The lowest BCUT2D eigenvalue weighted by molar-refractivity contribution is -0.116. The Morgan fingerprint density at radius 2 is 1.67 bits per heavy atom. The van der Waals surface area contributed by atoms with Crippen molar-refractivity contribution < 1.29 is 9.59 Å². The molecule has 0 atom stereocenters. The van der Waals surface area contributed by atoms with Crippen LogP contribution in [0, 0.1) is 5.92 Å². The molecule has 0 saturated carbocycles. The van der Waals surface area contributed by atoms with Gasteiger partial charge in [0.05, 0.1) is 0 Å². The molecule has 2 amide bonds. The third-order valence-corrected chi connectivity index (χ3v) is 3.84. The zero-order valence-corrected chi connectivity index (χ0v) is 16.0. The summed E-state index contributed by atoms with van der Waals surface area (Å²) in [4.78, 5) is 35.9. The zero-order chi connectivity index (χ0) is 19.8. The second kappa shape index (κ2) is 9.66. The number of anilines is 2. The van der Waals surface area contributed by atoms with E-state index in [-0.39, 0.29) is 23.1 Å². The minimum Gasteiger partial charge on any atom is -0.326 e. The Balaban J connectivity index is 2.01. The van der Waals surface area contributed by atoms with Crippen molar-refractivity contribution in [3.8, 4) is 0 Å². The van der Waals surface area contributed by atoms with Crippen LogP contribution < -0.4 is 16.2 Å². The molecule has 2 rings (SSSR count). The fourth-order valence-electron chi connectivity index (χ4n) is 2.45. The van der Waals surface area contributed by atoms with Crippen LogP contribution in [0.3, 0.4) is 0 Å². The number of unbranched alkanes of at least 4 members (excludes halogenated alkanes) is 1. The number of aryl methyl sites for hydroxylation is 1. The summed E-state index contributed by atoms with van der Waals surface area (Å²) in [5.41, 5.74) is 1.21. The molecule has 7 nitrogen and oxygen atoms in total. The summed E-state index contributed by atoms with van der Waals surface area (Å²) in [5, 5.41) is 9.69. The van der Waals surface area contributed by atoms with E-state index in [9.17, 15) is 14.4 Å². The van der Waals surface area contributed by atoms with Crippen molar-refractivity contribution in [2.75, 3.05) is 10.6 Å². The van der Waals surface area contributed by atoms with Gasteiger partial charge in [-0.1, -0.05) is 27.2 Å². The van der Waals surface area contributed by atoms with Crippen molar-refractivity contribution in [1.82, 2.24) is 9.78 Å². The lowest BCUT2D eigenvalue weighted by Crippen LogP contribution is -2.26. The summed E-state index contributed by atoms with van der Waals surface area (Å²) in [6.07, 6.45) is 2.21. The van der Waals surface area contributed by atoms with Gasteiger partial charge in [0.15, 0.2) is 0 Å². The Morgan fingerprint density at radius 1 is 1.04 bits per heavy atom. The molecule has 27 heavy (non-hydrogen) atoms. The number of hydrogen-bond donors (Lipinski definition) is 2. The minimum absolute atomic E-state index is 0.0414. The molecule has 2 N–H and O–H groups in total. The maximum atomic E-state index is 12.4. The highest BCUT2D eigenvalue weighted by Gasteiger charge is 2.10. The first-order valence-corrected chi connectivity index (χ1v) is 9.18. The van der Waals surface area contributed by atoms with E-state index in [1.165, 1.54) is 16.8 Å². The van der Waals surface area contributed by atoms with E-state index in [0.717, 1.165) is 12.8 Å². The van der Waals surface area contributed by atoms with E-state index in [1.54, 1.807) is 24.3 Å². The highest BCUT2D eigenvalue weighted by Crippen LogP contribution is 2.15. The number of carbonyl (C=O) groups is 2. The van der Waals surface area contributed by atoms with Gasteiger partial charge in [-0.3, -0.25) is 14.4 Å². The van der Waals surface area contributed by atoms with Crippen LogP contribution in [0.15, 0.2) is 41.2 Å². The summed E-state index contributed by atoms with van der Waals surface area (Å²) < 4.78 is 1.31. The van der Waals surface area contributed by atoms with Crippen LogP contribution in [0.2, 0.25) is 0 Å². The van der Waals surface area contributed by atoms with Crippen molar-refractivity contribution in [2.45, 2.75) is 46.6 Å². The summed E-state index contributed by atoms with van der Waals surface area (Å²) in [6, 6.07) is 9.63. The van der Waals surface area contributed by atoms with Crippen LogP contribution in [-0.2, 0) is 11.3 Å². The van der Waals surface area contributed by atoms with Crippen LogP contribution in [0.5, 0.6) is 0 Å². The maximum absolute atomic E-state index is 12.4. The van der Waals surface area contributed by atoms with Gasteiger partial charge in [0, 0.05) is 30.4 Å². The molecular weight excluding hydrogens is 344 g/mol. The first kappa shape index (κ1) is 20.4. The number of aromatic nitrogens is 2. The molecule has 7 heteroatoms. The van der Waals surface area contributed by atoms with Crippen LogP contribution in [0.25, 0.3) is 0 Å². The largest absolute Gasteiger partial charge is 0.326 e. The third kappa shape index (κ3) is 6.36. The second-order valence-electron chi connectivity index (χ2n) is 6.81. The van der Waals surface area contributed by atoms with E-state index in [2.05, 4.69) is 15.7 Å². The van der Waals surface area contributed by atoms with E-state index < -0.39 is 5.91 Å². The zero-order valence-electron chi connectivity index (χ0n) is 16.0. The standard InChI is InChI=1S/C20H26N4O3/c1-4-5-12-24-19(26)11-10-17(23-24)20(27)22-16-8-6-15(7-9-16)21-18(25)13-14(2)3/h6-11,14H,4-5,12-13H2,1-3H3,(H,21,25)(H,22,27). The Hall–Kier alpha value is -2.96. The Kier molecular flexibility index (Phi) is 7.28. The van der Waals surface area contributed by atoms with Crippen LogP contribution >= 0.6 is 0 Å². The molecule has 1 heterocycles. The van der Waals surface area contributed by atoms with Gasteiger partial charge in [0.25, 0.3) is 11.5 Å². The molecule has 0 bridgehead atoms. The average molecular weight is 370 g/mol. The summed E-state index contributed by atoms with van der Waals surface area (Å²) in [5.74, 6) is -0.145. The van der Waals surface area contributed by atoms with Gasteiger partial charge in [0.1, 0.15) is 5.69 Å². The number of nitrogens with zero attached hydrogens (tertiary/aromatic N) is 2. The predicted octanol–water partition coefficient (Wildman–Crippen LogP) is 3.28. The first-order chi connectivity index (χ1) is 12.9. The van der Waals surface area contributed by atoms with Crippen LogP contribution in [0.1, 0.15) is 50.5 Å². The van der Waals surface area contributed by atoms with Gasteiger partial charge < -0.3 is 10.6 Å². The van der Waals surface area contributed by atoms with E-state index in [4.69, 9.17) is 0 Å². The fourth-order valence-corrected chi connectivity index (χ4v) is 2.45. The van der Waals surface area contributed by atoms with Crippen LogP contribution in [0.4, 0.5) is 11.4 Å². The lowest BCUT2D eigenvalue weighted by atomic mass is 10.1. The quantitative estimate of drug-likeness (QED) is 0.746. The van der Waals surface area contributed by atoms with Crippen molar-refractivity contribution in [1.29, 1.82) is 0 Å². The molecular formula is C20H26N4O3. The molecule has 0 fully saturated rings. The fraction of sp³-hybridized carbons (Fsp3) is 0.400. The molecule has 144 valence electrons. The minimum atomic E-state index is -0.392. The number of rotatable bonds is 8. The number of amides is 2. The van der Waals surface area contributed by atoms with Crippen LogP contribution in [-0.4, -0.2) is 21.6 Å². The van der Waals surface area contributed by atoms with Crippen molar-refractivity contribution in [2.24, 2.45) is 5.92 Å². The molecule has 0 aliphatic heterocycles. The Labute approximate surface area is 158 Å². The lowest BCUT2D eigenvalue weighted by Gasteiger charge is -2.09. The summed E-state index contributed by atoms with van der Waals surface area (Å²) in [6.45, 7) is 6.48. The third-order valence-electron chi connectivity index (χ3n) is 3.84. The number of carbonyl (C=O) groups excluding carboxylic acids is 2. The summed E-state index contributed by atoms with van der Waals surface area (Å²) >= 11 is 0. The molecule has 0 aliphatic rings. The Bertz CT molecular complexity index is 841. The van der Waals surface area contributed by atoms with E-state index in [0.29, 0.717) is 24.3 Å². The molecule has 1 aromatic heterocycles. The topological polar surface area (TPSA) is 93.1 Å². The molecule has 0 spiro atoms. The number of nitrogens with one attached hydrogen (secondary N) is 2. The molecule has 2 aromatic rings. The van der Waals surface area contributed by atoms with Gasteiger partial charge in [-0.2, -0.15) is 5.10 Å². The monoisotopic (exact) mass is 370 g/mol. The SMILES string of the molecule is CCCCn1nc(C(=O)Nc2ccc(NC(=O)CC(C)C)cc2)ccc1=O. The van der Waals surface area contributed by atoms with E-state index in [1.807, 2.05) is 20.8 Å². The molecule has 0 saturated heterocycles. The Morgan fingerprint density at radius 3 is 2.26 bits per heavy atom. The predicted molar refractivity (Wildman–Crippen MR) is 106 cm³/mol. The number of hydrogen-bond acceptors (Lipinski definition) is 4. The van der Waals surface area contributed by atoms with Gasteiger partial charge in [-0.25, -0.2) is 4.68 Å². The first-order valence-electron chi connectivity index (χ1n) is 9.18. The van der Waals surface area contributed by atoms with Crippen molar-refractivity contribution in [3.05, 3.63) is 52.4 Å². The average Bonchev–Trinajstić information content (AvgIpc) is 2.62. The highest BCUT2D eigenvalue weighted by molar-refractivity contribution is 6.02. The van der Waals surface area contributed by atoms with Gasteiger partial charge >= 0.3 is 0 Å². The van der Waals surface area contributed by atoms with Gasteiger partial charge in [-0.15, -0.1) is 0 Å². The smallest absolute Gasteiger partial charge is 0.276 e. The highest BCUT2D eigenvalue weighted by atomic mass is 16.2. The molecule has 1 aromatic carbocycles. The normalized spacial score (nSPS) is 10.7. The van der Waals surface area contributed by atoms with Crippen molar-refractivity contribution >= 4 is 23.2 Å². The van der Waals surface area contributed by atoms with Gasteiger partial charge in [0.2, 0.25) is 5.91 Å². The van der Waals surface area contributed by atoms with Gasteiger partial charge in [-0.05, 0) is 42.7 Å². The second-order valence-corrected chi connectivity index (χ2v) is 6.81. The molecule has 0 unspecified atom stereocenters.